The number of aliphatic imine (C=N–C) groups is 1. The lowest BCUT2D eigenvalue weighted by Crippen LogP contribution is -2.45. The molecule has 2 aliphatic rings. The van der Waals surface area contributed by atoms with E-state index in [1.807, 2.05) is 24.3 Å². The standard InChI is InChI=1S/C23H23Cl2N5O2S/c24-19-6-5-18(22(25)12-19)11-21-13-23(29-33(31,32)28-21)27-20-7-9-30(10-8-20)15-17-3-1-16(14-26)2-4-17/h1-6,12-13,20,28H,7-11,15H2,(H,27,29). The van der Waals surface area contributed by atoms with Crippen molar-refractivity contribution in [2.75, 3.05) is 13.1 Å². The Labute approximate surface area is 203 Å². The maximum absolute atomic E-state index is 12.3. The first-order valence-corrected chi connectivity index (χ1v) is 12.8. The first-order valence-electron chi connectivity index (χ1n) is 10.5. The van der Waals surface area contributed by atoms with Crippen LogP contribution in [0.2, 0.25) is 10.0 Å². The van der Waals surface area contributed by atoms with E-state index in [-0.39, 0.29) is 6.04 Å². The third-order valence-corrected chi connectivity index (χ3v) is 7.18. The fourth-order valence-corrected chi connectivity index (χ4v) is 5.32. The van der Waals surface area contributed by atoms with Gasteiger partial charge in [0.25, 0.3) is 0 Å². The molecule has 0 amide bonds. The molecule has 0 bridgehead atoms. The third-order valence-electron chi connectivity index (χ3n) is 5.58. The van der Waals surface area contributed by atoms with E-state index in [9.17, 15) is 8.42 Å². The summed E-state index contributed by atoms with van der Waals surface area (Å²) in [7, 11) is -3.73. The first-order chi connectivity index (χ1) is 15.8. The molecule has 2 aromatic carbocycles. The van der Waals surface area contributed by atoms with Gasteiger partial charge in [0.1, 0.15) is 5.84 Å². The zero-order chi connectivity index (χ0) is 23.4. The molecule has 2 N–H and O–H groups in total. The predicted molar refractivity (Wildman–Crippen MR) is 130 cm³/mol. The average Bonchev–Trinajstić information content (AvgIpc) is 2.76. The maximum atomic E-state index is 12.3. The number of piperidine rings is 1. The quantitative estimate of drug-likeness (QED) is 0.648. The van der Waals surface area contributed by atoms with E-state index in [0.717, 1.165) is 38.0 Å². The summed E-state index contributed by atoms with van der Waals surface area (Å²) >= 11 is 12.2. The smallest absolute Gasteiger partial charge is 0.299 e. The van der Waals surface area contributed by atoms with Gasteiger partial charge in [-0.3, -0.25) is 19.3 Å². The molecule has 10 heteroatoms. The summed E-state index contributed by atoms with van der Waals surface area (Å²) < 4.78 is 29.6. The molecule has 0 spiro atoms. The van der Waals surface area contributed by atoms with Crippen LogP contribution in [0, 0.1) is 11.3 Å². The number of nitrogens with zero attached hydrogens (tertiary/aromatic N) is 3. The number of hydrogen-bond donors (Lipinski definition) is 2. The number of hydrogen-bond acceptors (Lipinski definition) is 5. The van der Waals surface area contributed by atoms with Crippen molar-refractivity contribution < 1.29 is 8.42 Å². The molecule has 0 aliphatic carbocycles. The second kappa shape index (κ2) is 10.1. The molecule has 2 aliphatic heterocycles. The van der Waals surface area contributed by atoms with Crippen molar-refractivity contribution in [1.29, 1.82) is 5.26 Å². The molecule has 1 fully saturated rings. The maximum Gasteiger partial charge on any atom is 0.322 e. The van der Waals surface area contributed by atoms with E-state index in [4.69, 9.17) is 28.5 Å². The molecule has 0 saturated carbocycles. The summed E-state index contributed by atoms with van der Waals surface area (Å²) in [6.45, 7) is 2.55. The lowest BCUT2D eigenvalue weighted by atomic mass is 10.0. The lowest BCUT2D eigenvalue weighted by Gasteiger charge is -2.31. The normalized spacial score (nSPS) is 19.9. The topological polar surface area (TPSA) is 97.6 Å². The molecule has 172 valence electrons. The van der Waals surface area contributed by atoms with E-state index < -0.39 is 10.2 Å². The summed E-state index contributed by atoms with van der Waals surface area (Å²) in [4.78, 5) is 7.02. The van der Waals surface area contributed by atoms with Gasteiger partial charge >= 0.3 is 10.2 Å². The molecular formula is C23H23Cl2N5O2S. The number of likely N-dealkylation sites (tertiary alicyclic amines) is 1. The van der Waals surface area contributed by atoms with Gasteiger partial charge in [-0.1, -0.05) is 41.4 Å². The van der Waals surface area contributed by atoms with Gasteiger partial charge in [-0.2, -0.15) is 13.7 Å². The summed E-state index contributed by atoms with van der Waals surface area (Å²) in [6.07, 6.45) is 3.70. The van der Waals surface area contributed by atoms with E-state index in [1.165, 1.54) is 5.56 Å². The summed E-state index contributed by atoms with van der Waals surface area (Å²) in [6, 6.07) is 14.9. The minimum absolute atomic E-state index is 0.0367. The van der Waals surface area contributed by atoms with Crippen molar-refractivity contribution in [3.05, 3.63) is 81.0 Å². The monoisotopic (exact) mass is 503 g/mol. The number of nitrogens with one attached hydrogen (secondary N) is 2. The van der Waals surface area contributed by atoms with Crippen molar-refractivity contribution in [3.63, 3.8) is 0 Å². The largest absolute Gasteiger partial charge is 0.322 e. The second-order valence-electron chi connectivity index (χ2n) is 8.12. The molecule has 2 aromatic rings. The van der Waals surface area contributed by atoms with Crippen molar-refractivity contribution in [3.8, 4) is 6.07 Å². The van der Waals surface area contributed by atoms with Gasteiger partial charge in [0.2, 0.25) is 0 Å². The van der Waals surface area contributed by atoms with Crippen molar-refractivity contribution in [2.45, 2.75) is 31.8 Å². The number of benzene rings is 2. The molecule has 2 heterocycles. The highest BCUT2D eigenvalue weighted by Crippen LogP contribution is 2.24. The van der Waals surface area contributed by atoms with Crippen LogP contribution in [-0.2, 0) is 23.2 Å². The van der Waals surface area contributed by atoms with Crippen LogP contribution < -0.4 is 9.44 Å². The second-order valence-corrected chi connectivity index (χ2v) is 10.4. The Bertz CT molecular complexity index is 1230. The van der Waals surface area contributed by atoms with Gasteiger partial charge in [-0.15, -0.1) is 0 Å². The number of amidine groups is 1. The summed E-state index contributed by atoms with van der Waals surface area (Å²) in [5.74, 6) is 0.333. The Balaban J connectivity index is 1.40. The third kappa shape index (κ3) is 6.49. The molecule has 1 saturated heterocycles. The molecule has 4 rings (SSSR count). The Morgan fingerprint density at radius 1 is 1.09 bits per heavy atom. The van der Waals surface area contributed by atoms with Gasteiger partial charge in [-0.25, -0.2) is 0 Å². The molecule has 7 nitrogen and oxygen atoms in total. The van der Waals surface area contributed by atoms with E-state index >= 15 is 0 Å². The Kier molecular flexibility index (Phi) is 7.25. The number of nitriles is 1. The van der Waals surface area contributed by atoms with Gasteiger partial charge < -0.3 is 0 Å². The van der Waals surface area contributed by atoms with E-state index in [1.54, 1.807) is 24.3 Å². The van der Waals surface area contributed by atoms with Crippen LogP contribution in [0.3, 0.4) is 0 Å². The van der Waals surface area contributed by atoms with Crippen LogP contribution >= 0.6 is 23.2 Å². The van der Waals surface area contributed by atoms with Crippen molar-refractivity contribution in [2.24, 2.45) is 4.99 Å². The molecule has 0 unspecified atom stereocenters. The zero-order valence-electron chi connectivity index (χ0n) is 17.8. The first kappa shape index (κ1) is 23.6. The Morgan fingerprint density at radius 2 is 1.82 bits per heavy atom. The van der Waals surface area contributed by atoms with Crippen LogP contribution in [0.25, 0.3) is 0 Å². The highest BCUT2D eigenvalue weighted by molar-refractivity contribution is 7.88. The number of allylic oxidation sites excluding steroid dienone is 1. The SMILES string of the molecule is N#Cc1ccc(CN2CCC(N=C3C=C(Cc4ccc(Cl)cc4Cl)NS(=O)(=O)N3)CC2)cc1. The van der Waals surface area contributed by atoms with E-state index in [2.05, 4.69) is 25.4 Å². The molecule has 33 heavy (non-hydrogen) atoms. The number of rotatable bonds is 5. The Morgan fingerprint density at radius 3 is 2.48 bits per heavy atom. The summed E-state index contributed by atoms with van der Waals surface area (Å²) in [5.41, 5.74) is 3.09. The highest BCUT2D eigenvalue weighted by atomic mass is 35.5. The van der Waals surface area contributed by atoms with E-state index in [0.29, 0.717) is 33.6 Å². The minimum Gasteiger partial charge on any atom is -0.299 e. The van der Waals surface area contributed by atoms with Crippen LogP contribution in [0.15, 0.2) is 59.2 Å². The average molecular weight is 504 g/mol. The highest BCUT2D eigenvalue weighted by Gasteiger charge is 2.24. The van der Waals surface area contributed by atoms with Crippen LogP contribution in [0.5, 0.6) is 0 Å². The van der Waals surface area contributed by atoms with Gasteiger partial charge in [0.05, 0.1) is 17.7 Å². The predicted octanol–water partition coefficient (Wildman–Crippen LogP) is 3.79. The van der Waals surface area contributed by atoms with Crippen molar-refractivity contribution in [1.82, 2.24) is 14.3 Å². The van der Waals surface area contributed by atoms with Crippen LogP contribution in [0.4, 0.5) is 0 Å². The van der Waals surface area contributed by atoms with Gasteiger partial charge in [-0.05, 0) is 48.2 Å². The van der Waals surface area contributed by atoms with Crippen LogP contribution in [0.1, 0.15) is 29.5 Å². The number of halogens is 2. The van der Waals surface area contributed by atoms with Crippen molar-refractivity contribution >= 4 is 39.2 Å². The Hall–Kier alpha value is -2.57. The zero-order valence-corrected chi connectivity index (χ0v) is 20.1. The molecule has 0 radical (unpaired) electrons. The molecular weight excluding hydrogens is 481 g/mol. The van der Waals surface area contributed by atoms with Gasteiger partial charge in [0, 0.05) is 47.9 Å². The minimum atomic E-state index is -3.73. The lowest BCUT2D eigenvalue weighted by molar-refractivity contribution is 0.206. The van der Waals surface area contributed by atoms with Gasteiger partial charge in [0.15, 0.2) is 0 Å². The molecule has 0 atom stereocenters. The fraction of sp³-hybridized carbons (Fsp3) is 0.304. The summed E-state index contributed by atoms with van der Waals surface area (Å²) in [5, 5.41) is 9.93. The van der Waals surface area contributed by atoms with Crippen LogP contribution in [-0.4, -0.2) is 38.3 Å². The fourth-order valence-electron chi connectivity index (χ4n) is 3.93. The molecule has 0 aromatic heterocycles.